The molecular formula is C16H22N2. The summed E-state index contributed by atoms with van der Waals surface area (Å²) in [4.78, 5) is 0. The molecule has 2 heteroatoms. The van der Waals surface area contributed by atoms with E-state index in [4.69, 9.17) is 0 Å². The maximum Gasteiger partial charge on any atom is 0.0569 e. The zero-order valence-corrected chi connectivity index (χ0v) is 11.9. The van der Waals surface area contributed by atoms with Crippen molar-refractivity contribution in [2.24, 2.45) is 5.92 Å². The third-order valence-corrected chi connectivity index (χ3v) is 4.09. The quantitative estimate of drug-likeness (QED) is 0.790. The van der Waals surface area contributed by atoms with Gasteiger partial charge >= 0.3 is 0 Å². The van der Waals surface area contributed by atoms with Gasteiger partial charge in [0, 0.05) is 11.0 Å². The number of nitrogens with one attached hydrogen (secondary N) is 1. The maximum atomic E-state index is 4.20. The Hall–Kier alpha value is -1.57. The molecule has 18 heavy (non-hydrogen) atoms. The van der Waals surface area contributed by atoms with E-state index in [1.807, 2.05) is 20.0 Å². The highest BCUT2D eigenvalue weighted by atomic mass is 15.1. The molecule has 0 saturated carbocycles. The van der Waals surface area contributed by atoms with Crippen LogP contribution >= 0.6 is 0 Å². The first-order chi connectivity index (χ1) is 8.65. The lowest BCUT2D eigenvalue weighted by molar-refractivity contribution is 0.403. The van der Waals surface area contributed by atoms with Crippen LogP contribution in [0, 0.1) is 5.92 Å². The van der Waals surface area contributed by atoms with Crippen LogP contribution in [0.15, 0.2) is 30.5 Å². The van der Waals surface area contributed by atoms with Crippen molar-refractivity contribution in [3.8, 4) is 11.1 Å². The molecule has 1 aromatic heterocycles. The Morgan fingerprint density at radius 3 is 2.44 bits per heavy atom. The molecule has 0 amide bonds. The first-order valence-electron chi connectivity index (χ1n) is 6.79. The van der Waals surface area contributed by atoms with Gasteiger partial charge in [0.2, 0.25) is 0 Å². The summed E-state index contributed by atoms with van der Waals surface area (Å²) < 4.78 is 0. The van der Waals surface area contributed by atoms with Crippen molar-refractivity contribution < 1.29 is 0 Å². The molecule has 0 bridgehead atoms. The van der Waals surface area contributed by atoms with E-state index in [0.29, 0.717) is 5.92 Å². The Labute approximate surface area is 109 Å². The van der Waals surface area contributed by atoms with Crippen LogP contribution in [0.3, 0.4) is 0 Å². The van der Waals surface area contributed by atoms with Crippen LogP contribution in [0.2, 0.25) is 0 Å². The Balaban J connectivity index is 0.000000574. The second kappa shape index (κ2) is 4.60. The third-order valence-electron chi connectivity index (χ3n) is 4.09. The van der Waals surface area contributed by atoms with Gasteiger partial charge in [-0.3, -0.25) is 5.10 Å². The summed E-state index contributed by atoms with van der Waals surface area (Å²) in [6.07, 6.45) is 1.95. The number of aromatic nitrogens is 2. The van der Waals surface area contributed by atoms with Gasteiger partial charge in [-0.15, -0.1) is 0 Å². The molecule has 1 aromatic carbocycles. The van der Waals surface area contributed by atoms with Gasteiger partial charge in [0.25, 0.3) is 0 Å². The summed E-state index contributed by atoms with van der Waals surface area (Å²) in [5, 5.41) is 7.38. The Morgan fingerprint density at radius 2 is 1.78 bits per heavy atom. The molecule has 0 fully saturated rings. The van der Waals surface area contributed by atoms with Gasteiger partial charge in [0.15, 0.2) is 0 Å². The van der Waals surface area contributed by atoms with Crippen molar-refractivity contribution in [1.82, 2.24) is 10.2 Å². The average molecular weight is 242 g/mol. The van der Waals surface area contributed by atoms with E-state index in [2.05, 4.69) is 55.2 Å². The van der Waals surface area contributed by atoms with E-state index in [-0.39, 0.29) is 5.41 Å². The number of nitrogens with zero attached hydrogens (tertiary/aromatic N) is 1. The largest absolute Gasteiger partial charge is 0.281 e. The minimum Gasteiger partial charge on any atom is -0.281 e. The van der Waals surface area contributed by atoms with Crippen molar-refractivity contribution in [3.05, 3.63) is 41.7 Å². The Kier molecular flexibility index (Phi) is 3.29. The van der Waals surface area contributed by atoms with Gasteiger partial charge in [0.1, 0.15) is 0 Å². The fourth-order valence-corrected chi connectivity index (χ4v) is 2.79. The molecule has 2 aromatic rings. The number of hydrogen-bond acceptors (Lipinski definition) is 1. The highest BCUT2D eigenvalue weighted by Gasteiger charge is 2.42. The fraction of sp³-hybridized carbons (Fsp3) is 0.438. The van der Waals surface area contributed by atoms with E-state index in [1.54, 1.807) is 0 Å². The third kappa shape index (κ3) is 1.52. The molecule has 2 nitrogen and oxygen atoms in total. The number of rotatable bonds is 1. The Bertz CT molecular complexity index is 540. The van der Waals surface area contributed by atoms with Crippen molar-refractivity contribution in [2.45, 2.75) is 40.0 Å². The van der Waals surface area contributed by atoms with Gasteiger partial charge in [-0.1, -0.05) is 52.0 Å². The van der Waals surface area contributed by atoms with E-state index in [0.717, 1.165) is 0 Å². The maximum absolute atomic E-state index is 4.20. The number of fused-ring (bicyclic) bond motifs is 3. The van der Waals surface area contributed by atoms with Crippen LogP contribution in [0.4, 0.5) is 0 Å². The lowest BCUT2D eigenvalue weighted by Crippen LogP contribution is -2.28. The number of aromatic amines is 1. The normalized spacial score (nSPS) is 20.1. The molecule has 1 atom stereocenters. The first-order valence-corrected chi connectivity index (χ1v) is 6.79. The van der Waals surface area contributed by atoms with E-state index >= 15 is 0 Å². The zero-order chi connectivity index (χ0) is 13.3. The predicted octanol–water partition coefficient (Wildman–Crippen LogP) is 4.38. The molecule has 3 rings (SSSR count). The smallest absolute Gasteiger partial charge is 0.0569 e. The minimum atomic E-state index is 0.0719. The standard InChI is InChI=1S/C14H16N2.C2H6/c1-9(2)14(3)12-7-5-4-6-10(12)11-8-15-16-13(11)14;1-2/h4-9H,1-3H3,(H,15,16);1-2H3. The minimum absolute atomic E-state index is 0.0719. The molecule has 1 unspecified atom stereocenters. The van der Waals surface area contributed by atoms with Crippen LogP contribution in [0.25, 0.3) is 11.1 Å². The molecule has 1 N–H and O–H groups in total. The molecule has 0 radical (unpaired) electrons. The molecule has 96 valence electrons. The van der Waals surface area contributed by atoms with Crippen molar-refractivity contribution >= 4 is 0 Å². The molecule has 0 saturated heterocycles. The second-order valence-electron chi connectivity index (χ2n) is 5.06. The monoisotopic (exact) mass is 242 g/mol. The van der Waals surface area contributed by atoms with Crippen LogP contribution in [-0.4, -0.2) is 10.2 Å². The summed E-state index contributed by atoms with van der Waals surface area (Å²) in [6.45, 7) is 10.8. The summed E-state index contributed by atoms with van der Waals surface area (Å²) in [5.41, 5.74) is 5.37. The number of benzene rings is 1. The summed E-state index contributed by atoms with van der Waals surface area (Å²) in [5.74, 6) is 0.551. The predicted molar refractivity (Wildman–Crippen MR) is 76.7 cm³/mol. The fourth-order valence-electron chi connectivity index (χ4n) is 2.79. The van der Waals surface area contributed by atoms with Crippen LogP contribution in [0.5, 0.6) is 0 Å². The molecular weight excluding hydrogens is 220 g/mol. The van der Waals surface area contributed by atoms with Crippen molar-refractivity contribution in [2.75, 3.05) is 0 Å². The number of hydrogen-bond donors (Lipinski definition) is 1. The van der Waals surface area contributed by atoms with Gasteiger partial charge in [0.05, 0.1) is 11.9 Å². The van der Waals surface area contributed by atoms with Crippen molar-refractivity contribution in [1.29, 1.82) is 0 Å². The lowest BCUT2D eigenvalue weighted by Gasteiger charge is -2.30. The van der Waals surface area contributed by atoms with Gasteiger partial charge in [-0.05, 0) is 24.0 Å². The molecule has 0 aliphatic heterocycles. The zero-order valence-electron chi connectivity index (χ0n) is 11.9. The van der Waals surface area contributed by atoms with E-state index < -0.39 is 0 Å². The molecule has 0 spiro atoms. The molecule has 1 heterocycles. The van der Waals surface area contributed by atoms with Gasteiger partial charge in [-0.2, -0.15) is 5.10 Å². The first kappa shape index (κ1) is 12.9. The topological polar surface area (TPSA) is 28.7 Å². The van der Waals surface area contributed by atoms with E-state index in [9.17, 15) is 0 Å². The second-order valence-corrected chi connectivity index (χ2v) is 5.06. The summed E-state index contributed by atoms with van der Waals surface area (Å²) >= 11 is 0. The summed E-state index contributed by atoms with van der Waals surface area (Å²) in [7, 11) is 0. The highest BCUT2D eigenvalue weighted by molar-refractivity contribution is 5.79. The van der Waals surface area contributed by atoms with Crippen LogP contribution in [0.1, 0.15) is 45.9 Å². The van der Waals surface area contributed by atoms with E-state index in [1.165, 1.54) is 22.4 Å². The van der Waals surface area contributed by atoms with Crippen molar-refractivity contribution in [3.63, 3.8) is 0 Å². The lowest BCUT2D eigenvalue weighted by atomic mass is 9.74. The SMILES string of the molecule is CC.CC(C)C1(C)c2ccccc2-c2cn[nH]c21. The van der Waals surface area contributed by atoms with Gasteiger partial charge < -0.3 is 0 Å². The average Bonchev–Trinajstić information content (AvgIpc) is 2.96. The molecule has 1 aliphatic rings. The Morgan fingerprint density at radius 1 is 1.11 bits per heavy atom. The van der Waals surface area contributed by atoms with Crippen LogP contribution < -0.4 is 0 Å². The summed E-state index contributed by atoms with van der Waals surface area (Å²) in [6, 6.07) is 8.65. The van der Waals surface area contributed by atoms with Crippen LogP contribution in [-0.2, 0) is 5.41 Å². The molecule has 1 aliphatic carbocycles. The number of H-pyrrole nitrogens is 1. The van der Waals surface area contributed by atoms with Gasteiger partial charge in [-0.25, -0.2) is 0 Å². The highest BCUT2D eigenvalue weighted by Crippen LogP contribution is 2.51.